The predicted molar refractivity (Wildman–Crippen MR) is 74.5 cm³/mol. The third-order valence-corrected chi connectivity index (χ3v) is 3.50. The van der Waals surface area contributed by atoms with Crippen molar-refractivity contribution in [3.8, 4) is 0 Å². The van der Waals surface area contributed by atoms with E-state index >= 15 is 0 Å². The van der Waals surface area contributed by atoms with Crippen LogP contribution in [0.5, 0.6) is 0 Å². The lowest BCUT2D eigenvalue weighted by Gasteiger charge is -2.19. The van der Waals surface area contributed by atoms with Crippen LogP contribution in [0.1, 0.15) is 38.8 Å². The molecule has 2 rings (SSSR count). The lowest BCUT2D eigenvalue weighted by molar-refractivity contribution is 0.276. The predicted octanol–water partition coefficient (Wildman–Crippen LogP) is 1.87. The molecule has 1 aromatic heterocycles. The van der Waals surface area contributed by atoms with Crippen LogP contribution in [0.25, 0.3) is 0 Å². The molecule has 1 saturated carbocycles. The SMILES string of the molecule is CCCN(CC)CCn1cnc(CNC2CC2)c1. The summed E-state index contributed by atoms with van der Waals surface area (Å²) in [6.45, 7) is 9.89. The van der Waals surface area contributed by atoms with Crippen LogP contribution in [0, 0.1) is 0 Å². The number of nitrogens with one attached hydrogen (secondary N) is 1. The minimum Gasteiger partial charge on any atom is -0.336 e. The summed E-state index contributed by atoms with van der Waals surface area (Å²) in [6, 6.07) is 0.760. The van der Waals surface area contributed by atoms with E-state index in [-0.39, 0.29) is 0 Å². The smallest absolute Gasteiger partial charge is 0.0950 e. The fourth-order valence-electron chi connectivity index (χ4n) is 2.16. The lowest BCUT2D eigenvalue weighted by Crippen LogP contribution is -2.27. The summed E-state index contributed by atoms with van der Waals surface area (Å²) in [5.41, 5.74) is 1.17. The molecular formula is C14H26N4. The molecule has 0 radical (unpaired) electrons. The van der Waals surface area contributed by atoms with Gasteiger partial charge in [-0.15, -0.1) is 0 Å². The molecule has 1 aliphatic rings. The van der Waals surface area contributed by atoms with Gasteiger partial charge >= 0.3 is 0 Å². The van der Waals surface area contributed by atoms with Gasteiger partial charge in [-0.1, -0.05) is 13.8 Å². The van der Waals surface area contributed by atoms with E-state index in [1.807, 2.05) is 6.33 Å². The molecule has 0 saturated heterocycles. The topological polar surface area (TPSA) is 33.1 Å². The maximum atomic E-state index is 4.45. The number of rotatable bonds is 9. The molecular weight excluding hydrogens is 224 g/mol. The first-order valence-electron chi connectivity index (χ1n) is 7.28. The van der Waals surface area contributed by atoms with E-state index < -0.39 is 0 Å². The molecule has 0 amide bonds. The Hall–Kier alpha value is -0.870. The van der Waals surface area contributed by atoms with Crippen molar-refractivity contribution in [1.29, 1.82) is 0 Å². The zero-order chi connectivity index (χ0) is 12.8. The zero-order valence-corrected chi connectivity index (χ0v) is 11.7. The molecule has 1 aliphatic carbocycles. The first kappa shape index (κ1) is 13.6. The summed E-state index contributed by atoms with van der Waals surface area (Å²) in [6.07, 6.45) is 8.04. The normalized spacial score (nSPS) is 15.5. The van der Waals surface area contributed by atoms with E-state index in [0.29, 0.717) is 0 Å². The highest BCUT2D eigenvalue weighted by molar-refractivity contribution is 4.97. The molecule has 0 unspecified atom stereocenters. The Kier molecular flexibility index (Phi) is 5.20. The second-order valence-corrected chi connectivity index (χ2v) is 5.19. The average molecular weight is 250 g/mol. The van der Waals surface area contributed by atoms with E-state index in [1.54, 1.807) is 0 Å². The van der Waals surface area contributed by atoms with Gasteiger partial charge in [-0.25, -0.2) is 4.98 Å². The van der Waals surface area contributed by atoms with Crippen LogP contribution in [0.15, 0.2) is 12.5 Å². The Balaban J connectivity index is 1.71. The fraction of sp³-hybridized carbons (Fsp3) is 0.786. The van der Waals surface area contributed by atoms with Gasteiger partial charge in [0.2, 0.25) is 0 Å². The monoisotopic (exact) mass is 250 g/mol. The molecule has 1 fully saturated rings. The minimum absolute atomic E-state index is 0.760. The number of aromatic nitrogens is 2. The van der Waals surface area contributed by atoms with Gasteiger partial charge in [0.25, 0.3) is 0 Å². The highest BCUT2D eigenvalue weighted by Crippen LogP contribution is 2.18. The minimum atomic E-state index is 0.760. The van der Waals surface area contributed by atoms with Crippen molar-refractivity contribution in [3.05, 3.63) is 18.2 Å². The summed E-state index contributed by atoms with van der Waals surface area (Å²) in [5.74, 6) is 0. The molecule has 18 heavy (non-hydrogen) atoms. The highest BCUT2D eigenvalue weighted by Gasteiger charge is 2.20. The van der Waals surface area contributed by atoms with Gasteiger partial charge < -0.3 is 14.8 Å². The molecule has 4 nitrogen and oxygen atoms in total. The summed E-state index contributed by atoms with van der Waals surface area (Å²) in [5, 5.41) is 3.50. The van der Waals surface area contributed by atoms with Gasteiger partial charge in [0.15, 0.2) is 0 Å². The standard InChI is InChI=1S/C14H26N4/c1-3-7-17(4-2)8-9-18-11-14(16-12-18)10-15-13-5-6-13/h11-13,15H,3-10H2,1-2H3. The Bertz CT molecular complexity index is 343. The molecule has 0 spiro atoms. The van der Waals surface area contributed by atoms with Crippen LogP contribution in [0.3, 0.4) is 0 Å². The molecule has 1 aromatic rings. The first-order valence-corrected chi connectivity index (χ1v) is 7.28. The number of imidazole rings is 1. The largest absolute Gasteiger partial charge is 0.336 e. The second-order valence-electron chi connectivity index (χ2n) is 5.19. The summed E-state index contributed by atoms with van der Waals surface area (Å²) < 4.78 is 2.21. The zero-order valence-electron chi connectivity index (χ0n) is 11.7. The second kappa shape index (κ2) is 6.90. The Labute approximate surface area is 110 Å². The van der Waals surface area contributed by atoms with E-state index in [4.69, 9.17) is 0 Å². The van der Waals surface area contributed by atoms with Gasteiger partial charge in [-0.05, 0) is 32.4 Å². The molecule has 102 valence electrons. The van der Waals surface area contributed by atoms with Crippen LogP contribution < -0.4 is 5.32 Å². The van der Waals surface area contributed by atoms with Crippen LogP contribution in [0.2, 0.25) is 0 Å². The van der Waals surface area contributed by atoms with Crippen molar-refractivity contribution >= 4 is 0 Å². The molecule has 0 aromatic carbocycles. The first-order chi connectivity index (χ1) is 8.81. The van der Waals surface area contributed by atoms with Crippen molar-refractivity contribution in [2.24, 2.45) is 0 Å². The summed E-state index contributed by atoms with van der Waals surface area (Å²) >= 11 is 0. The Morgan fingerprint density at radius 1 is 1.39 bits per heavy atom. The molecule has 4 heteroatoms. The maximum Gasteiger partial charge on any atom is 0.0950 e. The number of nitrogens with zero attached hydrogens (tertiary/aromatic N) is 3. The molecule has 0 aliphatic heterocycles. The van der Waals surface area contributed by atoms with E-state index in [0.717, 1.165) is 32.2 Å². The maximum absolute atomic E-state index is 4.45. The Morgan fingerprint density at radius 3 is 2.89 bits per heavy atom. The quantitative estimate of drug-likeness (QED) is 0.726. The summed E-state index contributed by atoms with van der Waals surface area (Å²) in [4.78, 5) is 6.94. The van der Waals surface area contributed by atoms with Crippen LogP contribution in [-0.2, 0) is 13.1 Å². The van der Waals surface area contributed by atoms with E-state index in [2.05, 4.69) is 39.8 Å². The van der Waals surface area contributed by atoms with E-state index in [1.165, 1.54) is 31.5 Å². The number of hydrogen-bond acceptors (Lipinski definition) is 3. The van der Waals surface area contributed by atoms with Gasteiger partial charge in [-0.3, -0.25) is 0 Å². The summed E-state index contributed by atoms with van der Waals surface area (Å²) in [7, 11) is 0. The van der Waals surface area contributed by atoms with Crippen LogP contribution in [-0.4, -0.2) is 40.1 Å². The highest BCUT2D eigenvalue weighted by atomic mass is 15.1. The van der Waals surface area contributed by atoms with Crippen LogP contribution >= 0.6 is 0 Å². The molecule has 1 N–H and O–H groups in total. The fourth-order valence-corrected chi connectivity index (χ4v) is 2.16. The molecule has 1 heterocycles. The van der Waals surface area contributed by atoms with Crippen molar-refractivity contribution in [2.75, 3.05) is 19.6 Å². The third kappa shape index (κ3) is 4.42. The van der Waals surface area contributed by atoms with Gasteiger partial charge in [0.05, 0.1) is 12.0 Å². The molecule has 0 bridgehead atoms. The van der Waals surface area contributed by atoms with Crippen molar-refractivity contribution in [3.63, 3.8) is 0 Å². The van der Waals surface area contributed by atoms with Gasteiger partial charge in [0.1, 0.15) is 0 Å². The third-order valence-electron chi connectivity index (χ3n) is 3.50. The van der Waals surface area contributed by atoms with E-state index in [9.17, 15) is 0 Å². The van der Waals surface area contributed by atoms with Gasteiger partial charge in [-0.2, -0.15) is 0 Å². The average Bonchev–Trinajstić information content (AvgIpc) is 3.11. The van der Waals surface area contributed by atoms with Crippen LogP contribution in [0.4, 0.5) is 0 Å². The Morgan fingerprint density at radius 2 is 2.22 bits per heavy atom. The molecule has 0 atom stereocenters. The lowest BCUT2D eigenvalue weighted by atomic mass is 10.4. The van der Waals surface area contributed by atoms with Crippen molar-refractivity contribution in [1.82, 2.24) is 19.8 Å². The number of hydrogen-bond donors (Lipinski definition) is 1. The number of likely N-dealkylation sites (N-methyl/N-ethyl adjacent to an activating group) is 1. The van der Waals surface area contributed by atoms with Crippen molar-refractivity contribution < 1.29 is 0 Å². The van der Waals surface area contributed by atoms with Gasteiger partial charge in [0, 0.05) is 31.9 Å². The van der Waals surface area contributed by atoms with Crippen molar-refractivity contribution in [2.45, 2.75) is 52.2 Å².